The molecule has 0 aliphatic heterocycles. The molecule has 0 bridgehead atoms. The topological polar surface area (TPSA) is 12.0 Å². The van der Waals surface area contributed by atoms with Crippen molar-refractivity contribution in [3.8, 4) is 11.1 Å². The van der Waals surface area contributed by atoms with E-state index in [9.17, 15) is 0 Å². The minimum Gasteiger partial charge on any atom is -0.308 e. The van der Waals surface area contributed by atoms with Crippen LogP contribution < -0.4 is 5.32 Å². The molecule has 1 aliphatic rings. The van der Waals surface area contributed by atoms with Gasteiger partial charge in [-0.3, -0.25) is 0 Å². The van der Waals surface area contributed by atoms with E-state index >= 15 is 0 Å². The molecule has 3 rings (SSSR count). The molecule has 21 heavy (non-hydrogen) atoms. The quantitative estimate of drug-likeness (QED) is 0.685. The summed E-state index contributed by atoms with van der Waals surface area (Å²) in [5, 5.41) is 3.71. The molecule has 110 valence electrons. The van der Waals surface area contributed by atoms with Crippen molar-refractivity contribution in [2.45, 2.75) is 52.1 Å². The second-order valence-electron chi connectivity index (χ2n) is 6.33. The Hall–Kier alpha value is -1.60. The van der Waals surface area contributed by atoms with Crippen molar-refractivity contribution < 1.29 is 0 Å². The third-order valence-electron chi connectivity index (χ3n) is 4.57. The first-order chi connectivity index (χ1) is 10.2. The second-order valence-corrected chi connectivity index (χ2v) is 6.33. The van der Waals surface area contributed by atoms with Crippen molar-refractivity contribution in [2.75, 3.05) is 0 Å². The molecule has 0 radical (unpaired) electrons. The lowest BCUT2D eigenvalue weighted by Gasteiger charge is -2.20. The predicted molar refractivity (Wildman–Crippen MR) is 90.6 cm³/mol. The lowest BCUT2D eigenvalue weighted by molar-refractivity contribution is 0.452. The maximum absolute atomic E-state index is 3.71. The maximum atomic E-state index is 3.71. The fourth-order valence-corrected chi connectivity index (χ4v) is 3.47. The molecule has 0 amide bonds. The lowest BCUT2D eigenvalue weighted by atomic mass is 9.99. The molecule has 1 nitrogen and oxygen atoms in total. The fourth-order valence-electron chi connectivity index (χ4n) is 3.47. The van der Waals surface area contributed by atoms with Crippen LogP contribution in [0, 0.1) is 0 Å². The van der Waals surface area contributed by atoms with Gasteiger partial charge >= 0.3 is 0 Å². The summed E-state index contributed by atoms with van der Waals surface area (Å²) in [6.07, 6.45) is 3.55. The third kappa shape index (κ3) is 2.89. The molecule has 1 N–H and O–H groups in total. The van der Waals surface area contributed by atoms with Crippen molar-refractivity contribution in [1.29, 1.82) is 0 Å². The van der Waals surface area contributed by atoms with Gasteiger partial charge in [-0.2, -0.15) is 0 Å². The number of hydrogen-bond acceptors (Lipinski definition) is 1. The molecule has 2 atom stereocenters. The lowest BCUT2D eigenvalue weighted by Crippen LogP contribution is -2.28. The Morgan fingerprint density at radius 3 is 2.57 bits per heavy atom. The Bertz CT molecular complexity index is 629. The first-order valence-electron chi connectivity index (χ1n) is 8.16. The number of nitrogens with one attached hydrogen (secondary N) is 1. The average molecular weight is 279 g/mol. The van der Waals surface area contributed by atoms with Gasteiger partial charge in [0.2, 0.25) is 0 Å². The van der Waals surface area contributed by atoms with Crippen molar-refractivity contribution >= 4 is 0 Å². The second kappa shape index (κ2) is 6.03. The molecule has 0 spiro atoms. The molecule has 0 aromatic heterocycles. The van der Waals surface area contributed by atoms with Gasteiger partial charge in [0.15, 0.2) is 0 Å². The number of benzene rings is 2. The van der Waals surface area contributed by atoms with Crippen LogP contribution in [-0.4, -0.2) is 6.04 Å². The van der Waals surface area contributed by atoms with Crippen LogP contribution in [-0.2, 0) is 6.42 Å². The zero-order valence-electron chi connectivity index (χ0n) is 13.3. The first-order valence-corrected chi connectivity index (χ1v) is 8.16. The Morgan fingerprint density at radius 2 is 1.76 bits per heavy atom. The highest BCUT2D eigenvalue weighted by atomic mass is 14.9. The molecular formula is C20H25N. The van der Waals surface area contributed by atoms with Crippen molar-refractivity contribution in [2.24, 2.45) is 0 Å². The minimum atomic E-state index is 0.417. The van der Waals surface area contributed by atoms with Crippen LogP contribution in [0.3, 0.4) is 0 Å². The minimum absolute atomic E-state index is 0.417. The van der Waals surface area contributed by atoms with Gasteiger partial charge in [-0.25, -0.2) is 0 Å². The number of hydrogen-bond donors (Lipinski definition) is 1. The van der Waals surface area contributed by atoms with Gasteiger partial charge in [-0.1, -0.05) is 55.8 Å². The molecule has 2 unspecified atom stereocenters. The van der Waals surface area contributed by atoms with Gasteiger partial charge in [0, 0.05) is 12.1 Å². The van der Waals surface area contributed by atoms with Crippen LogP contribution in [0.1, 0.15) is 56.3 Å². The Labute approximate surface area is 128 Å². The van der Waals surface area contributed by atoms with E-state index < -0.39 is 0 Å². The number of rotatable bonds is 5. The monoisotopic (exact) mass is 279 g/mol. The zero-order chi connectivity index (χ0) is 14.8. The van der Waals surface area contributed by atoms with Crippen molar-refractivity contribution in [3.05, 3.63) is 59.2 Å². The predicted octanol–water partition coefficient (Wildman–Crippen LogP) is 5.10. The highest BCUT2D eigenvalue weighted by molar-refractivity contribution is 5.76. The smallest absolute Gasteiger partial charge is 0.0294 e. The van der Waals surface area contributed by atoms with Gasteiger partial charge < -0.3 is 5.32 Å². The van der Waals surface area contributed by atoms with Crippen LogP contribution >= 0.6 is 0 Å². The zero-order valence-corrected chi connectivity index (χ0v) is 13.3. The van der Waals surface area contributed by atoms with Gasteiger partial charge in [-0.05, 0) is 54.5 Å². The normalized spacial score (nSPS) is 15.4. The third-order valence-corrected chi connectivity index (χ3v) is 4.57. The van der Waals surface area contributed by atoms with E-state index in [2.05, 4.69) is 68.6 Å². The van der Waals surface area contributed by atoms with Gasteiger partial charge in [0.05, 0.1) is 0 Å². The number of fused-ring (bicyclic) bond motifs is 3. The van der Waals surface area contributed by atoms with Gasteiger partial charge in [-0.15, -0.1) is 0 Å². The Balaban J connectivity index is 1.80. The van der Waals surface area contributed by atoms with E-state index in [-0.39, 0.29) is 0 Å². The summed E-state index contributed by atoms with van der Waals surface area (Å²) < 4.78 is 0. The first kappa shape index (κ1) is 14.3. The summed E-state index contributed by atoms with van der Waals surface area (Å²) >= 11 is 0. The largest absolute Gasteiger partial charge is 0.308 e. The summed E-state index contributed by atoms with van der Waals surface area (Å²) in [5.74, 6) is 0. The molecule has 0 heterocycles. The van der Waals surface area contributed by atoms with E-state index in [4.69, 9.17) is 0 Å². The molecular weight excluding hydrogens is 254 g/mol. The van der Waals surface area contributed by atoms with Crippen LogP contribution in [0.5, 0.6) is 0 Å². The molecule has 0 saturated heterocycles. The fraction of sp³-hybridized carbons (Fsp3) is 0.400. The highest BCUT2D eigenvalue weighted by Crippen LogP contribution is 2.37. The molecule has 1 heteroatoms. The van der Waals surface area contributed by atoms with E-state index in [1.54, 1.807) is 0 Å². The summed E-state index contributed by atoms with van der Waals surface area (Å²) in [6.45, 7) is 6.80. The Morgan fingerprint density at radius 1 is 1.00 bits per heavy atom. The molecule has 0 saturated carbocycles. The summed E-state index contributed by atoms with van der Waals surface area (Å²) in [4.78, 5) is 0. The van der Waals surface area contributed by atoms with Gasteiger partial charge in [0.25, 0.3) is 0 Å². The SMILES string of the molecule is CCCC(C)NC(C)c1ccc2c(c1)Cc1ccccc1-2. The highest BCUT2D eigenvalue weighted by Gasteiger charge is 2.19. The average Bonchev–Trinajstić information content (AvgIpc) is 2.85. The van der Waals surface area contributed by atoms with E-state index in [0.29, 0.717) is 12.1 Å². The van der Waals surface area contributed by atoms with E-state index in [0.717, 1.165) is 6.42 Å². The standard InChI is InChI=1S/C20H25N/c1-4-7-14(2)21-15(3)16-10-11-20-18(12-16)13-17-8-5-6-9-19(17)20/h5-6,8-12,14-15,21H,4,7,13H2,1-3H3. The van der Waals surface area contributed by atoms with Crippen LogP contribution in [0.4, 0.5) is 0 Å². The Kier molecular flexibility index (Phi) is 4.12. The van der Waals surface area contributed by atoms with Crippen molar-refractivity contribution in [3.63, 3.8) is 0 Å². The molecule has 0 fully saturated rings. The van der Waals surface area contributed by atoms with Crippen LogP contribution in [0.15, 0.2) is 42.5 Å². The van der Waals surface area contributed by atoms with Crippen LogP contribution in [0.2, 0.25) is 0 Å². The maximum Gasteiger partial charge on any atom is 0.0294 e. The molecule has 2 aromatic rings. The van der Waals surface area contributed by atoms with Gasteiger partial charge in [0.1, 0.15) is 0 Å². The summed E-state index contributed by atoms with van der Waals surface area (Å²) in [5.41, 5.74) is 7.18. The van der Waals surface area contributed by atoms with E-state index in [1.807, 2.05) is 0 Å². The molecule has 1 aliphatic carbocycles. The summed E-state index contributed by atoms with van der Waals surface area (Å²) in [7, 11) is 0. The van der Waals surface area contributed by atoms with Crippen LogP contribution in [0.25, 0.3) is 11.1 Å². The molecule has 2 aromatic carbocycles. The van der Waals surface area contributed by atoms with E-state index in [1.165, 1.54) is 40.7 Å². The van der Waals surface area contributed by atoms with Crippen molar-refractivity contribution in [1.82, 2.24) is 5.32 Å². The summed E-state index contributed by atoms with van der Waals surface area (Å²) in [6, 6.07) is 16.8.